The van der Waals surface area contributed by atoms with Gasteiger partial charge in [0.2, 0.25) is 0 Å². The molecule has 1 rings (SSSR count). The van der Waals surface area contributed by atoms with E-state index >= 15 is 0 Å². The molecule has 4 heteroatoms. The Kier molecular flexibility index (Phi) is 6.68. The zero-order valence-corrected chi connectivity index (χ0v) is 10.4. The van der Waals surface area contributed by atoms with Crippen LogP contribution in [0.2, 0.25) is 0 Å². The number of aliphatic carboxylic acids is 1. The quantitative estimate of drug-likeness (QED) is 0.528. The van der Waals surface area contributed by atoms with Crippen molar-refractivity contribution in [1.29, 1.82) is 0 Å². The molecule has 0 radical (unpaired) electrons. The summed E-state index contributed by atoms with van der Waals surface area (Å²) in [5.41, 5.74) is 0. The summed E-state index contributed by atoms with van der Waals surface area (Å²) in [4.78, 5) is 15.1. The Hall–Kier alpha value is -1.05. The van der Waals surface area contributed by atoms with Crippen LogP contribution in [0.3, 0.4) is 0 Å². The van der Waals surface area contributed by atoms with Crippen molar-refractivity contribution in [3.63, 3.8) is 0 Å². The molecular formula is C13H22N2O2. The second-order valence-corrected chi connectivity index (χ2v) is 4.49. The van der Waals surface area contributed by atoms with Gasteiger partial charge in [0.15, 0.2) is 0 Å². The molecule has 1 saturated heterocycles. The molecule has 1 fully saturated rings. The lowest BCUT2D eigenvalue weighted by atomic mass is 10.2. The summed E-state index contributed by atoms with van der Waals surface area (Å²) < 4.78 is 0. The van der Waals surface area contributed by atoms with Crippen molar-refractivity contribution in [1.82, 2.24) is 9.80 Å². The Balaban J connectivity index is 2.05. The summed E-state index contributed by atoms with van der Waals surface area (Å²) in [6.07, 6.45) is 8.60. The first-order chi connectivity index (χ1) is 8.22. The first kappa shape index (κ1) is 14.0. The van der Waals surface area contributed by atoms with Gasteiger partial charge in [-0.25, -0.2) is 0 Å². The van der Waals surface area contributed by atoms with E-state index in [4.69, 9.17) is 11.5 Å². The maximum atomic E-state index is 10.5. The van der Waals surface area contributed by atoms with Crippen molar-refractivity contribution in [2.24, 2.45) is 0 Å². The van der Waals surface area contributed by atoms with E-state index in [1.54, 1.807) is 0 Å². The third kappa shape index (κ3) is 6.30. The molecule has 0 unspecified atom stereocenters. The molecule has 1 aliphatic heterocycles. The smallest absolute Gasteiger partial charge is 0.304 e. The zero-order chi connectivity index (χ0) is 12.5. The number of carboxylic acids is 1. The molecule has 0 aromatic carbocycles. The second-order valence-electron chi connectivity index (χ2n) is 4.49. The Morgan fingerprint density at radius 1 is 1.12 bits per heavy atom. The highest BCUT2D eigenvalue weighted by Crippen LogP contribution is 2.05. The summed E-state index contributed by atoms with van der Waals surface area (Å²) in [5.74, 6) is 1.95. The monoisotopic (exact) mass is 238 g/mol. The van der Waals surface area contributed by atoms with E-state index in [9.17, 15) is 4.79 Å². The molecule has 0 spiro atoms. The van der Waals surface area contributed by atoms with Gasteiger partial charge >= 0.3 is 5.97 Å². The number of hydrogen-bond donors (Lipinski definition) is 1. The Labute approximate surface area is 104 Å². The van der Waals surface area contributed by atoms with Crippen LogP contribution in [0, 0.1) is 12.3 Å². The van der Waals surface area contributed by atoms with E-state index in [1.165, 1.54) is 6.42 Å². The number of unbranched alkanes of at least 4 members (excludes halogenated alkanes) is 2. The van der Waals surface area contributed by atoms with Crippen molar-refractivity contribution < 1.29 is 9.90 Å². The fourth-order valence-corrected chi connectivity index (χ4v) is 2.05. The van der Waals surface area contributed by atoms with Crippen molar-refractivity contribution in [3.8, 4) is 12.3 Å². The van der Waals surface area contributed by atoms with Crippen molar-refractivity contribution in [2.45, 2.75) is 25.7 Å². The van der Waals surface area contributed by atoms with Crippen molar-refractivity contribution in [3.05, 3.63) is 0 Å². The molecule has 96 valence electrons. The first-order valence-electron chi connectivity index (χ1n) is 6.32. The van der Waals surface area contributed by atoms with Crippen LogP contribution in [0.4, 0.5) is 0 Å². The summed E-state index contributed by atoms with van der Waals surface area (Å²) in [6.45, 7) is 5.88. The minimum atomic E-state index is -0.707. The fourth-order valence-electron chi connectivity index (χ4n) is 2.05. The van der Waals surface area contributed by atoms with E-state index < -0.39 is 5.97 Å². The van der Waals surface area contributed by atoms with Gasteiger partial charge in [0.05, 0.1) is 6.42 Å². The second kappa shape index (κ2) is 8.10. The minimum absolute atomic E-state index is 0.252. The summed E-state index contributed by atoms with van der Waals surface area (Å²) >= 11 is 0. The van der Waals surface area contributed by atoms with Gasteiger partial charge in [-0.1, -0.05) is 0 Å². The average Bonchev–Trinajstić information content (AvgIpc) is 2.33. The first-order valence-corrected chi connectivity index (χ1v) is 6.32. The van der Waals surface area contributed by atoms with Crippen LogP contribution in [-0.2, 0) is 4.79 Å². The van der Waals surface area contributed by atoms with Gasteiger partial charge in [-0.05, 0) is 19.4 Å². The number of piperazine rings is 1. The van der Waals surface area contributed by atoms with Gasteiger partial charge in [0.1, 0.15) is 0 Å². The van der Waals surface area contributed by atoms with Gasteiger partial charge in [-0.2, -0.15) is 0 Å². The Morgan fingerprint density at radius 2 is 1.71 bits per heavy atom. The van der Waals surface area contributed by atoms with E-state index in [2.05, 4.69) is 15.7 Å². The van der Waals surface area contributed by atoms with Crippen LogP contribution >= 0.6 is 0 Å². The van der Waals surface area contributed by atoms with E-state index in [0.717, 1.165) is 45.6 Å². The highest BCUT2D eigenvalue weighted by Gasteiger charge is 2.16. The van der Waals surface area contributed by atoms with Crippen LogP contribution in [0.1, 0.15) is 25.7 Å². The normalized spacial score (nSPS) is 17.8. The van der Waals surface area contributed by atoms with Crippen LogP contribution in [-0.4, -0.2) is 60.1 Å². The minimum Gasteiger partial charge on any atom is -0.481 e. The Morgan fingerprint density at radius 3 is 2.24 bits per heavy atom. The topological polar surface area (TPSA) is 43.8 Å². The number of rotatable bonds is 7. The molecule has 0 saturated carbocycles. The van der Waals surface area contributed by atoms with Gasteiger partial charge in [0.25, 0.3) is 0 Å². The molecule has 17 heavy (non-hydrogen) atoms. The van der Waals surface area contributed by atoms with Crippen molar-refractivity contribution >= 4 is 5.97 Å². The van der Waals surface area contributed by atoms with Gasteiger partial charge in [0, 0.05) is 39.1 Å². The molecule has 0 amide bonds. The lowest BCUT2D eigenvalue weighted by Crippen LogP contribution is -2.47. The highest BCUT2D eigenvalue weighted by molar-refractivity contribution is 5.66. The SMILES string of the molecule is C#CCCCCN1CCN(CCC(=O)O)CC1. The molecule has 1 heterocycles. The molecule has 1 aliphatic rings. The molecule has 0 aromatic rings. The van der Waals surface area contributed by atoms with Crippen LogP contribution in [0.25, 0.3) is 0 Å². The van der Waals surface area contributed by atoms with Crippen molar-refractivity contribution in [2.75, 3.05) is 39.3 Å². The molecule has 0 bridgehead atoms. The molecule has 1 N–H and O–H groups in total. The Bertz CT molecular complexity index is 265. The third-order valence-electron chi connectivity index (χ3n) is 3.15. The molecule has 0 aliphatic carbocycles. The highest BCUT2D eigenvalue weighted by atomic mass is 16.4. The van der Waals surface area contributed by atoms with Crippen LogP contribution < -0.4 is 0 Å². The maximum Gasteiger partial charge on any atom is 0.304 e. The summed E-state index contributed by atoms with van der Waals surface area (Å²) in [6, 6.07) is 0. The van der Waals surface area contributed by atoms with E-state index in [0.29, 0.717) is 6.54 Å². The van der Waals surface area contributed by atoms with Gasteiger partial charge < -0.3 is 14.9 Å². The number of hydrogen-bond acceptors (Lipinski definition) is 3. The standard InChI is InChI=1S/C13H22N2O2/c1-2-3-4-5-7-14-9-11-15(12-10-14)8-6-13(16)17/h1H,3-12H2,(H,16,17). The van der Waals surface area contributed by atoms with Gasteiger partial charge in [-0.3, -0.25) is 4.79 Å². The van der Waals surface area contributed by atoms with E-state index in [1.807, 2.05) is 0 Å². The zero-order valence-electron chi connectivity index (χ0n) is 10.4. The number of terminal acetylenes is 1. The lowest BCUT2D eigenvalue weighted by Gasteiger charge is -2.34. The van der Waals surface area contributed by atoms with Crippen LogP contribution in [0.15, 0.2) is 0 Å². The third-order valence-corrected chi connectivity index (χ3v) is 3.15. The van der Waals surface area contributed by atoms with Gasteiger partial charge in [-0.15, -0.1) is 12.3 Å². The molecule has 0 aromatic heterocycles. The number of carboxylic acid groups (broad SMARTS) is 1. The lowest BCUT2D eigenvalue weighted by molar-refractivity contribution is -0.137. The molecular weight excluding hydrogens is 216 g/mol. The fraction of sp³-hybridized carbons (Fsp3) is 0.769. The summed E-state index contributed by atoms with van der Waals surface area (Å²) in [7, 11) is 0. The number of nitrogens with zero attached hydrogens (tertiary/aromatic N) is 2. The van der Waals surface area contributed by atoms with Crippen LogP contribution in [0.5, 0.6) is 0 Å². The molecule has 4 nitrogen and oxygen atoms in total. The number of carbonyl (C=O) groups is 1. The average molecular weight is 238 g/mol. The summed E-state index contributed by atoms with van der Waals surface area (Å²) in [5, 5.41) is 8.61. The largest absolute Gasteiger partial charge is 0.481 e. The predicted octanol–water partition coefficient (Wildman–Crippen LogP) is 0.882. The molecule has 0 atom stereocenters. The predicted molar refractivity (Wildman–Crippen MR) is 67.8 cm³/mol. The van der Waals surface area contributed by atoms with E-state index in [-0.39, 0.29) is 6.42 Å². The maximum absolute atomic E-state index is 10.5.